The van der Waals surface area contributed by atoms with Crippen LogP contribution in [0.1, 0.15) is 140 Å². The fourth-order valence-electron chi connectivity index (χ4n) is 15.3. The van der Waals surface area contributed by atoms with E-state index in [1.165, 1.54) is 0 Å². The summed E-state index contributed by atoms with van der Waals surface area (Å²) in [5.41, 5.74) is 16.3. The van der Waals surface area contributed by atoms with E-state index in [0.717, 1.165) is 137 Å². The van der Waals surface area contributed by atoms with Gasteiger partial charge in [-0.15, -0.1) is 30.6 Å². The molecule has 0 saturated heterocycles. The largest absolute Gasteiger partial charge is 0.379 e. The highest BCUT2D eigenvalue weighted by molar-refractivity contribution is 6.12. The van der Waals surface area contributed by atoms with Gasteiger partial charge in [0.15, 0.2) is 29.0 Å². The van der Waals surface area contributed by atoms with Gasteiger partial charge in [0.05, 0.1) is 67.1 Å². The molecule has 17 rings (SSSR count). The van der Waals surface area contributed by atoms with Crippen LogP contribution in [0.25, 0.3) is 99.5 Å². The molecule has 1 aliphatic carbocycles. The molecular weight excluding hydrogens is 1540 g/mol. The van der Waals surface area contributed by atoms with Crippen LogP contribution >= 0.6 is 0 Å². The van der Waals surface area contributed by atoms with Crippen LogP contribution in [-0.4, -0.2) is 103 Å². The summed E-state index contributed by atoms with van der Waals surface area (Å²) in [6.45, 7) is 13.2. The third-order valence-electron chi connectivity index (χ3n) is 21.5. The summed E-state index contributed by atoms with van der Waals surface area (Å²) in [6.07, 6.45) is 21.8. The van der Waals surface area contributed by atoms with E-state index in [2.05, 4.69) is 175 Å². The summed E-state index contributed by atoms with van der Waals surface area (Å²) in [6, 6.07) is 82.4. The van der Waals surface area contributed by atoms with Crippen LogP contribution < -0.4 is 21.3 Å². The van der Waals surface area contributed by atoms with Crippen molar-refractivity contribution in [3.05, 3.63) is 344 Å². The molecule has 4 N–H and O–H groups in total. The highest BCUT2D eigenvalue weighted by atomic mass is 16.5. The van der Waals surface area contributed by atoms with Gasteiger partial charge in [-0.3, -0.25) is 44.3 Å². The number of anilines is 3. The van der Waals surface area contributed by atoms with E-state index in [-0.39, 0.29) is 41.1 Å². The number of benzene rings is 7. The third-order valence-corrected chi connectivity index (χ3v) is 21.5. The average molecular weight is 1640 g/mol. The lowest BCUT2D eigenvalue weighted by Gasteiger charge is -2.21. The molecule has 7 aromatic carbocycles. The molecule has 9 aromatic heterocycles. The molecule has 0 unspecified atom stereocenters. The smallest absolute Gasteiger partial charge is 0.253 e. The van der Waals surface area contributed by atoms with Crippen LogP contribution in [0.3, 0.4) is 0 Å². The maximum absolute atomic E-state index is 13.5. The second-order valence-corrected chi connectivity index (χ2v) is 32.0. The number of ketones is 2. The Morgan fingerprint density at radius 2 is 0.798 bits per heavy atom. The Morgan fingerprint density at radius 3 is 1.19 bits per heavy atom. The third kappa shape index (κ3) is 21.8. The summed E-state index contributed by atoms with van der Waals surface area (Å²) < 4.78 is 11.8. The van der Waals surface area contributed by atoms with Gasteiger partial charge < -0.3 is 30.7 Å². The number of ether oxygens (including phenoxy) is 2. The Hall–Kier alpha value is -14.4. The van der Waals surface area contributed by atoms with Crippen molar-refractivity contribution in [3.8, 4) is 67.2 Å². The van der Waals surface area contributed by atoms with Gasteiger partial charge in [0.2, 0.25) is 0 Å². The molecule has 0 spiro atoms. The van der Waals surface area contributed by atoms with Crippen molar-refractivity contribution in [2.45, 2.75) is 130 Å². The SMILES string of the molecule is CC(C)(C)CCCC(=O)c1cncc(-c2nnc(NCc3ccccn3)c3c(-c4ccccc4)cccc23)c1.CC(C)OCCCC(=O)c1cncc(-c2nnc(NCc3ccccn3)c3c(-c4ccccc4)cccc23)c1.O=C(N[C@H]1CCC[C@@H]1OCc1ccccc1)c1cncc(-c2nnc(NCc3ccccn3)c3c(-c4ccccc4)cccc23)c1. The van der Waals surface area contributed by atoms with Gasteiger partial charge in [0.25, 0.3) is 5.91 Å². The topological polar surface area (TPSA) is 272 Å². The number of nitrogens with one attached hydrogen (secondary N) is 4. The minimum atomic E-state index is -0.176. The molecule has 0 aliphatic heterocycles. The van der Waals surface area contributed by atoms with Crippen LogP contribution in [0.2, 0.25) is 0 Å². The monoisotopic (exact) mass is 1640 g/mol. The van der Waals surface area contributed by atoms with Crippen molar-refractivity contribution < 1.29 is 23.9 Å². The van der Waals surface area contributed by atoms with Gasteiger partial charge in [0, 0.05) is 135 Å². The summed E-state index contributed by atoms with van der Waals surface area (Å²) >= 11 is 0. The van der Waals surface area contributed by atoms with E-state index >= 15 is 0 Å². The Labute approximate surface area is 722 Å². The van der Waals surface area contributed by atoms with Crippen molar-refractivity contribution in [1.82, 2.24) is 65.8 Å². The standard InChI is InChI=1S/C38H34N6O2.C33H33N5O.C32H31N5O2/c45-38(42-33-18-10-19-34(33)46-25-26-11-3-1-4-12-26)29-21-28(22-39-23-29)36-32-17-9-16-31(27-13-5-2-6-14-27)35(32)37(44-43-36)41-24-30-15-7-8-20-40-30;1-33(2,3)17-10-16-29(39)24-19-25(21-34-20-24)31-28-15-9-14-27(23-11-5-4-6-12-23)30(28)32(38-37-31)36-22-26-13-7-8-18-35-26;1-22(2)39-17-9-15-29(38)24-18-25(20-33-19-24)31-28-14-8-13-27(23-10-4-3-5-11-23)30(28)32(37-36-31)35-21-26-12-6-7-16-34-26/h1-9,11-17,20-23,33-34H,10,18-19,24-25H2,(H,41,44)(H,42,45);4-9,11-15,18-21H,10,16-17,22H2,1-3H3,(H,36,38);3-8,10-14,16,18-20,22H,9,15,17,21H2,1-2H3,(H,35,37)/t33-,34-;;/m0../s1. The number of hydrogen-bond acceptors (Lipinski definition) is 20. The molecule has 9 heterocycles. The van der Waals surface area contributed by atoms with Crippen molar-refractivity contribution >= 4 is 67.2 Å². The predicted octanol–water partition coefficient (Wildman–Crippen LogP) is 21.8. The van der Waals surface area contributed by atoms with Crippen LogP contribution in [0.15, 0.2) is 304 Å². The predicted molar refractivity (Wildman–Crippen MR) is 492 cm³/mol. The van der Waals surface area contributed by atoms with Crippen LogP contribution in [0, 0.1) is 5.41 Å². The number of amides is 1. The zero-order valence-corrected chi connectivity index (χ0v) is 70.2. The average Bonchev–Trinajstić information content (AvgIpc) is 0.861. The molecule has 21 heteroatoms. The zero-order chi connectivity index (χ0) is 85.4. The lowest BCUT2D eigenvalue weighted by Crippen LogP contribution is -2.41. The Kier molecular flexibility index (Phi) is 28.1. The van der Waals surface area contributed by atoms with E-state index in [9.17, 15) is 14.4 Å². The molecule has 124 heavy (non-hydrogen) atoms. The molecule has 1 amide bonds. The van der Waals surface area contributed by atoms with Gasteiger partial charge >= 0.3 is 0 Å². The van der Waals surface area contributed by atoms with Crippen LogP contribution in [-0.2, 0) is 35.7 Å². The fourth-order valence-corrected chi connectivity index (χ4v) is 15.3. The lowest BCUT2D eigenvalue weighted by atomic mass is 9.89. The Bertz CT molecular complexity index is 6280. The number of pyridine rings is 6. The molecule has 1 aliphatic rings. The molecule has 2 atom stereocenters. The molecule has 1 fully saturated rings. The number of carbonyl (C=O) groups excluding carboxylic acids is 3. The number of nitrogens with zero attached hydrogens (tertiary/aromatic N) is 12. The van der Waals surface area contributed by atoms with Crippen LogP contribution in [0.5, 0.6) is 0 Å². The quantitative estimate of drug-likeness (QED) is 0.0241. The van der Waals surface area contributed by atoms with E-state index in [1.54, 1.807) is 55.8 Å². The maximum Gasteiger partial charge on any atom is 0.253 e. The number of carbonyl (C=O) groups is 3. The number of fused-ring (bicyclic) bond motifs is 3. The van der Waals surface area contributed by atoms with Gasteiger partial charge in [-0.25, -0.2) is 0 Å². The van der Waals surface area contributed by atoms with Gasteiger partial charge in [-0.2, -0.15) is 0 Å². The minimum absolute atomic E-state index is 0.0300. The summed E-state index contributed by atoms with van der Waals surface area (Å²) in [5.74, 6) is 1.97. The highest BCUT2D eigenvalue weighted by Crippen LogP contribution is 2.42. The number of hydrogen-bond donors (Lipinski definition) is 4. The first-order valence-electron chi connectivity index (χ1n) is 42.2. The molecule has 21 nitrogen and oxygen atoms in total. The minimum Gasteiger partial charge on any atom is -0.379 e. The second kappa shape index (κ2) is 41.2. The first-order chi connectivity index (χ1) is 60.7. The van der Waals surface area contributed by atoms with Crippen LogP contribution in [0.4, 0.5) is 17.5 Å². The second-order valence-electron chi connectivity index (χ2n) is 32.0. The molecule has 1 saturated carbocycles. The van der Waals surface area contributed by atoms with E-state index in [0.29, 0.717) is 103 Å². The van der Waals surface area contributed by atoms with Crippen molar-refractivity contribution in [1.29, 1.82) is 0 Å². The van der Waals surface area contributed by atoms with E-state index < -0.39 is 0 Å². The first-order valence-corrected chi connectivity index (χ1v) is 42.2. The lowest BCUT2D eigenvalue weighted by molar-refractivity contribution is 0.0272. The highest BCUT2D eigenvalue weighted by Gasteiger charge is 2.31. The summed E-state index contributed by atoms with van der Waals surface area (Å²) in [4.78, 5) is 66.0. The normalized spacial score (nSPS) is 13.0. The van der Waals surface area contributed by atoms with Gasteiger partial charge in [-0.05, 0) is 151 Å². The fraction of sp³-hybridized carbons (Fsp3) is 0.214. The van der Waals surface area contributed by atoms with Crippen molar-refractivity contribution in [2.24, 2.45) is 5.41 Å². The Balaban J connectivity index is 0.000000145. The van der Waals surface area contributed by atoms with Crippen molar-refractivity contribution in [3.63, 3.8) is 0 Å². The molecule has 16 aromatic rings. The van der Waals surface area contributed by atoms with Gasteiger partial charge in [-0.1, -0.05) is 215 Å². The molecular formula is C103H98N16O5. The Morgan fingerprint density at radius 1 is 0.411 bits per heavy atom. The maximum atomic E-state index is 13.5. The molecule has 0 bridgehead atoms. The zero-order valence-electron chi connectivity index (χ0n) is 70.2. The van der Waals surface area contributed by atoms with E-state index in [4.69, 9.17) is 9.47 Å². The summed E-state index contributed by atoms with van der Waals surface area (Å²) in [7, 11) is 0. The summed E-state index contributed by atoms with van der Waals surface area (Å²) in [5, 5.41) is 47.0. The first kappa shape index (κ1) is 84.6. The number of Topliss-reactive ketones (excluding diaryl/α,β-unsaturated/α-hetero) is 2. The number of aromatic nitrogens is 12. The number of rotatable bonds is 30. The molecule has 0 radical (unpaired) electrons. The molecule has 620 valence electrons. The van der Waals surface area contributed by atoms with Crippen molar-refractivity contribution in [2.75, 3.05) is 22.6 Å². The van der Waals surface area contributed by atoms with Gasteiger partial charge in [0.1, 0.15) is 17.1 Å². The van der Waals surface area contributed by atoms with E-state index in [1.807, 2.05) is 190 Å².